The average Bonchev–Trinajstić information content (AvgIpc) is 2.68. The molecule has 0 aliphatic carbocycles. The number of hydrogen-bond acceptors (Lipinski definition) is 3. The second kappa shape index (κ2) is 8.75. The van der Waals surface area contributed by atoms with Gasteiger partial charge in [-0.2, -0.15) is 0 Å². The molecule has 0 spiro atoms. The van der Waals surface area contributed by atoms with Gasteiger partial charge in [-0.3, -0.25) is 4.79 Å². The van der Waals surface area contributed by atoms with Crippen LogP contribution in [0.3, 0.4) is 0 Å². The Bertz CT molecular complexity index is 722. The molecule has 2 N–H and O–H groups in total. The molecule has 3 rings (SSSR count). The molecule has 1 aliphatic rings. The minimum atomic E-state index is 0.0666. The largest absolute Gasteiger partial charge is 0.491 e. The van der Waals surface area contributed by atoms with Crippen LogP contribution in [0, 0.1) is 5.92 Å². The first-order chi connectivity index (χ1) is 12.7. The smallest absolute Gasteiger partial charge is 0.253 e. The number of carbonyl (C=O) groups is 1. The van der Waals surface area contributed by atoms with Gasteiger partial charge in [-0.05, 0) is 55.4 Å². The number of piperidine rings is 1. The van der Waals surface area contributed by atoms with Crippen molar-refractivity contribution in [2.75, 3.05) is 25.4 Å². The molecule has 2 aromatic rings. The third kappa shape index (κ3) is 4.57. The molecular formula is C22H28N2O2. The summed E-state index contributed by atoms with van der Waals surface area (Å²) >= 11 is 0. The van der Waals surface area contributed by atoms with Gasteiger partial charge >= 0.3 is 0 Å². The zero-order valence-electron chi connectivity index (χ0n) is 15.5. The highest BCUT2D eigenvalue weighted by molar-refractivity contribution is 5.95. The molecule has 0 aromatic heterocycles. The second-order valence-electron chi connectivity index (χ2n) is 7.03. The van der Waals surface area contributed by atoms with Crippen LogP contribution in [-0.4, -0.2) is 30.5 Å². The first-order valence-corrected chi connectivity index (χ1v) is 9.53. The van der Waals surface area contributed by atoms with Crippen molar-refractivity contribution >= 4 is 11.6 Å². The molecule has 0 atom stereocenters. The minimum Gasteiger partial charge on any atom is -0.491 e. The number of nitrogen functional groups attached to an aromatic ring is 1. The Morgan fingerprint density at radius 2 is 1.88 bits per heavy atom. The molecule has 1 aliphatic heterocycles. The number of carbonyl (C=O) groups excluding carboxylic acids is 1. The standard InChI is InChI=1S/C22H28N2O2/c1-2-14-26-21-9-8-19(16-20(21)23)22(25)24-12-10-18(11-13-24)15-17-6-4-3-5-7-17/h3-9,16,18H,2,10-15,23H2,1H3. The van der Waals surface area contributed by atoms with Crippen LogP contribution in [0.25, 0.3) is 0 Å². The first-order valence-electron chi connectivity index (χ1n) is 9.53. The van der Waals surface area contributed by atoms with E-state index in [1.54, 1.807) is 12.1 Å². The van der Waals surface area contributed by atoms with Crippen molar-refractivity contribution in [1.82, 2.24) is 4.90 Å². The Morgan fingerprint density at radius 3 is 2.54 bits per heavy atom. The molecule has 4 heteroatoms. The Balaban J connectivity index is 1.55. The van der Waals surface area contributed by atoms with Gasteiger partial charge < -0.3 is 15.4 Å². The third-order valence-corrected chi connectivity index (χ3v) is 4.99. The average molecular weight is 352 g/mol. The topological polar surface area (TPSA) is 55.6 Å². The molecule has 26 heavy (non-hydrogen) atoms. The molecule has 0 saturated carbocycles. The number of rotatable bonds is 6. The molecule has 138 valence electrons. The van der Waals surface area contributed by atoms with Crippen LogP contribution in [-0.2, 0) is 6.42 Å². The Morgan fingerprint density at radius 1 is 1.15 bits per heavy atom. The third-order valence-electron chi connectivity index (χ3n) is 4.99. The van der Waals surface area contributed by atoms with Crippen molar-refractivity contribution < 1.29 is 9.53 Å². The Hall–Kier alpha value is -2.49. The number of hydrogen-bond donors (Lipinski definition) is 1. The molecule has 1 heterocycles. The predicted octanol–water partition coefficient (Wildman–Crippen LogP) is 4.15. The van der Waals surface area contributed by atoms with E-state index in [1.807, 2.05) is 11.0 Å². The summed E-state index contributed by atoms with van der Waals surface area (Å²) < 4.78 is 5.59. The van der Waals surface area contributed by atoms with E-state index >= 15 is 0 Å². The van der Waals surface area contributed by atoms with Crippen molar-refractivity contribution in [3.8, 4) is 5.75 Å². The monoisotopic (exact) mass is 352 g/mol. The zero-order valence-corrected chi connectivity index (χ0v) is 15.5. The van der Waals surface area contributed by atoms with Gasteiger partial charge in [-0.15, -0.1) is 0 Å². The molecule has 1 saturated heterocycles. The second-order valence-corrected chi connectivity index (χ2v) is 7.03. The normalized spacial score (nSPS) is 15.0. The summed E-state index contributed by atoms with van der Waals surface area (Å²) in [7, 11) is 0. The van der Waals surface area contributed by atoms with E-state index in [2.05, 4.69) is 37.3 Å². The lowest BCUT2D eigenvalue weighted by molar-refractivity contribution is 0.0690. The molecule has 1 fully saturated rings. The van der Waals surface area contributed by atoms with Crippen molar-refractivity contribution in [3.63, 3.8) is 0 Å². The van der Waals surface area contributed by atoms with E-state index < -0.39 is 0 Å². The highest BCUT2D eigenvalue weighted by Crippen LogP contribution is 2.26. The van der Waals surface area contributed by atoms with Crippen molar-refractivity contribution in [2.45, 2.75) is 32.6 Å². The lowest BCUT2D eigenvalue weighted by Gasteiger charge is -2.32. The van der Waals surface area contributed by atoms with Gasteiger partial charge in [0.2, 0.25) is 0 Å². The molecule has 4 nitrogen and oxygen atoms in total. The van der Waals surface area contributed by atoms with Crippen molar-refractivity contribution in [2.24, 2.45) is 5.92 Å². The Kier molecular flexibility index (Phi) is 6.16. The van der Waals surface area contributed by atoms with Crippen LogP contribution in [0.15, 0.2) is 48.5 Å². The maximum Gasteiger partial charge on any atom is 0.253 e. The van der Waals surface area contributed by atoms with E-state index in [9.17, 15) is 4.79 Å². The Labute approximate surface area is 156 Å². The summed E-state index contributed by atoms with van der Waals surface area (Å²) in [5.41, 5.74) is 8.60. The molecule has 2 aromatic carbocycles. The van der Waals surface area contributed by atoms with Crippen LogP contribution in [0.5, 0.6) is 5.75 Å². The van der Waals surface area contributed by atoms with Crippen LogP contribution >= 0.6 is 0 Å². The molecule has 0 unspecified atom stereocenters. The highest BCUT2D eigenvalue weighted by atomic mass is 16.5. The minimum absolute atomic E-state index is 0.0666. The number of ether oxygens (including phenoxy) is 1. The van der Waals surface area contributed by atoms with Gasteiger partial charge in [0, 0.05) is 18.7 Å². The summed E-state index contributed by atoms with van der Waals surface area (Å²) in [5, 5.41) is 0. The molecule has 0 radical (unpaired) electrons. The van der Waals surface area contributed by atoms with Gasteiger partial charge in [0.1, 0.15) is 5.75 Å². The summed E-state index contributed by atoms with van der Waals surface area (Å²) in [5.74, 6) is 1.37. The van der Waals surface area contributed by atoms with Crippen molar-refractivity contribution in [1.29, 1.82) is 0 Å². The summed E-state index contributed by atoms with van der Waals surface area (Å²) in [6.45, 7) is 4.30. The van der Waals surface area contributed by atoms with Crippen LogP contribution in [0.4, 0.5) is 5.69 Å². The maximum absolute atomic E-state index is 12.8. The van der Waals surface area contributed by atoms with E-state index in [1.165, 1.54) is 5.56 Å². The number of nitrogens with two attached hydrogens (primary N) is 1. The van der Waals surface area contributed by atoms with Crippen LogP contribution in [0.1, 0.15) is 42.1 Å². The van der Waals surface area contributed by atoms with Crippen molar-refractivity contribution in [3.05, 3.63) is 59.7 Å². The van der Waals surface area contributed by atoms with Crippen LogP contribution < -0.4 is 10.5 Å². The lowest BCUT2D eigenvalue weighted by atomic mass is 9.90. The molecular weight excluding hydrogens is 324 g/mol. The molecule has 0 bridgehead atoms. The van der Waals surface area contributed by atoms with Gasteiger partial charge in [0.05, 0.1) is 12.3 Å². The van der Waals surface area contributed by atoms with Gasteiger partial charge in [-0.25, -0.2) is 0 Å². The van der Waals surface area contributed by atoms with Crippen LogP contribution in [0.2, 0.25) is 0 Å². The SMILES string of the molecule is CCCOc1ccc(C(=O)N2CCC(Cc3ccccc3)CC2)cc1N. The first kappa shape index (κ1) is 18.3. The van der Waals surface area contributed by atoms with Gasteiger partial charge in [0.15, 0.2) is 0 Å². The quantitative estimate of drug-likeness (QED) is 0.795. The predicted molar refractivity (Wildman–Crippen MR) is 105 cm³/mol. The fourth-order valence-electron chi connectivity index (χ4n) is 3.50. The number of likely N-dealkylation sites (tertiary alicyclic amines) is 1. The van der Waals surface area contributed by atoms with E-state index in [-0.39, 0.29) is 5.91 Å². The lowest BCUT2D eigenvalue weighted by Crippen LogP contribution is -2.38. The van der Waals surface area contributed by atoms with Gasteiger partial charge in [-0.1, -0.05) is 37.3 Å². The number of amides is 1. The van der Waals surface area contributed by atoms with E-state index in [0.29, 0.717) is 29.5 Å². The zero-order chi connectivity index (χ0) is 18.4. The highest BCUT2D eigenvalue weighted by Gasteiger charge is 2.24. The van der Waals surface area contributed by atoms with E-state index in [4.69, 9.17) is 10.5 Å². The summed E-state index contributed by atoms with van der Waals surface area (Å²) in [6.07, 6.45) is 4.12. The summed E-state index contributed by atoms with van der Waals surface area (Å²) in [6, 6.07) is 16.0. The number of nitrogens with zero attached hydrogens (tertiary/aromatic N) is 1. The molecule has 1 amide bonds. The number of anilines is 1. The fraction of sp³-hybridized carbons (Fsp3) is 0.409. The maximum atomic E-state index is 12.8. The summed E-state index contributed by atoms with van der Waals surface area (Å²) in [4.78, 5) is 14.7. The van der Waals surface area contributed by atoms with E-state index in [0.717, 1.165) is 38.8 Å². The fourth-order valence-corrected chi connectivity index (χ4v) is 3.50. The number of benzene rings is 2. The van der Waals surface area contributed by atoms with Gasteiger partial charge in [0.25, 0.3) is 5.91 Å².